The van der Waals surface area contributed by atoms with Gasteiger partial charge in [-0.1, -0.05) is 140 Å². The van der Waals surface area contributed by atoms with Crippen LogP contribution in [0.5, 0.6) is 0 Å². The molecule has 2 heteroatoms. The molecule has 0 saturated heterocycles. The summed E-state index contributed by atoms with van der Waals surface area (Å²) in [5.41, 5.74) is 12.2. The minimum absolute atomic E-state index is 0.903. The second-order valence-electron chi connectivity index (χ2n) is 13.4. The standard InChI is InChI=1S/C50H33NO/c1-2-11-38-31-40(20-19-34(38)9-1)35-21-26-42(27-22-35)51(43-28-23-37(24-29-43)46-17-8-12-36-10-3-4-15-45(36)46)44-14-7-13-39(32-44)41-25-30-50-48(33-41)47-16-5-6-18-49(47)52-50/h1-33H. The molecule has 0 fully saturated rings. The highest BCUT2D eigenvalue weighted by Crippen LogP contribution is 2.40. The normalized spacial score (nSPS) is 11.5. The Bertz CT molecular complexity index is 2890. The number of furan rings is 1. The zero-order chi connectivity index (χ0) is 34.4. The summed E-state index contributed by atoms with van der Waals surface area (Å²) in [5, 5.41) is 7.26. The van der Waals surface area contributed by atoms with Crippen LogP contribution < -0.4 is 4.90 Å². The Kier molecular flexibility index (Phi) is 7.18. The molecule has 0 radical (unpaired) electrons. The third-order valence-corrected chi connectivity index (χ3v) is 10.2. The van der Waals surface area contributed by atoms with Crippen LogP contribution in [-0.2, 0) is 0 Å². The number of hydrogen-bond donors (Lipinski definition) is 0. The van der Waals surface area contributed by atoms with E-state index in [2.05, 4.69) is 193 Å². The van der Waals surface area contributed by atoms with E-state index in [1.54, 1.807) is 0 Å². The van der Waals surface area contributed by atoms with Gasteiger partial charge in [0.1, 0.15) is 11.2 Å². The zero-order valence-corrected chi connectivity index (χ0v) is 28.4. The molecule has 52 heavy (non-hydrogen) atoms. The van der Waals surface area contributed by atoms with Crippen LogP contribution in [0.25, 0.3) is 76.9 Å². The fourth-order valence-corrected chi connectivity index (χ4v) is 7.62. The molecule has 0 saturated carbocycles. The van der Waals surface area contributed by atoms with Gasteiger partial charge in [-0.05, 0) is 116 Å². The van der Waals surface area contributed by atoms with Crippen molar-refractivity contribution < 1.29 is 4.42 Å². The van der Waals surface area contributed by atoms with E-state index in [0.29, 0.717) is 0 Å². The molecule has 244 valence electrons. The van der Waals surface area contributed by atoms with Crippen molar-refractivity contribution >= 4 is 60.5 Å². The van der Waals surface area contributed by atoms with Crippen LogP contribution in [0.3, 0.4) is 0 Å². The Balaban J connectivity index is 1.07. The molecular weight excluding hydrogens is 631 g/mol. The van der Waals surface area contributed by atoms with E-state index < -0.39 is 0 Å². The molecule has 10 rings (SSSR count). The van der Waals surface area contributed by atoms with Gasteiger partial charge in [0.2, 0.25) is 0 Å². The Morgan fingerprint density at radius 1 is 0.288 bits per heavy atom. The van der Waals surface area contributed by atoms with Gasteiger partial charge in [0.05, 0.1) is 0 Å². The molecule has 1 heterocycles. The molecule has 10 aromatic rings. The van der Waals surface area contributed by atoms with Gasteiger partial charge in [-0.3, -0.25) is 0 Å². The number of rotatable bonds is 6. The minimum Gasteiger partial charge on any atom is -0.456 e. The Hall–Kier alpha value is -6.90. The van der Waals surface area contributed by atoms with Crippen LogP contribution in [0, 0.1) is 0 Å². The Morgan fingerprint density at radius 3 is 1.69 bits per heavy atom. The highest BCUT2D eigenvalue weighted by molar-refractivity contribution is 6.06. The van der Waals surface area contributed by atoms with Gasteiger partial charge in [-0.2, -0.15) is 0 Å². The largest absolute Gasteiger partial charge is 0.456 e. The van der Waals surface area contributed by atoms with Gasteiger partial charge in [-0.15, -0.1) is 0 Å². The summed E-state index contributed by atoms with van der Waals surface area (Å²) < 4.78 is 6.14. The Morgan fingerprint density at radius 2 is 0.865 bits per heavy atom. The second-order valence-corrected chi connectivity index (χ2v) is 13.4. The molecule has 0 spiro atoms. The predicted molar refractivity (Wildman–Crippen MR) is 220 cm³/mol. The lowest BCUT2D eigenvalue weighted by Crippen LogP contribution is -2.10. The van der Waals surface area contributed by atoms with Crippen molar-refractivity contribution in [3.63, 3.8) is 0 Å². The molecule has 2 nitrogen and oxygen atoms in total. The van der Waals surface area contributed by atoms with Crippen LogP contribution in [0.15, 0.2) is 205 Å². The first-order chi connectivity index (χ1) is 25.7. The zero-order valence-electron chi connectivity index (χ0n) is 28.4. The molecule has 1 aromatic heterocycles. The minimum atomic E-state index is 0.903. The highest BCUT2D eigenvalue weighted by Gasteiger charge is 2.16. The van der Waals surface area contributed by atoms with Crippen LogP contribution in [0.2, 0.25) is 0 Å². The molecule has 0 unspecified atom stereocenters. The summed E-state index contributed by atoms with van der Waals surface area (Å²) in [6.07, 6.45) is 0. The molecule has 0 N–H and O–H groups in total. The van der Waals surface area contributed by atoms with Gasteiger partial charge >= 0.3 is 0 Å². The van der Waals surface area contributed by atoms with Crippen LogP contribution in [0.4, 0.5) is 17.1 Å². The summed E-state index contributed by atoms with van der Waals surface area (Å²) in [7, 11) is 0. The van der Waals surface area contributed by atoms with E-state index in [1.165, 1.54) is 43.8 Å². The number of anilines is 3. The van der Waals surface area contributed by atoms with E-state index in [-0.39, 0.29) is 0 Å². The van der Waals surface area contributed by atoms with Gasteiger partial charge in [-0.25, -0.2) is 0 Å². The lowest BCUT2D eigenvalue weighted by molar-refractivity contribution is 0.669. The van der Waals surface area contributed by atoms with E-state index in [0.717, 1.165) is 50.1 Å². The first-order valence-corrected chi connectivity index (χ1v) is 17.7. The molecule has 0 bridgehead atoms. The molecule has 0 aliphatic heterocycles. The SMILES string of the molecule is c1cc(-c2ccc3oc4ccccc4c3c2)cc(N(c2ccc(-c3ccc4ccccc4c3)cc2)c2ccc(-c3cccc4ccccc34)cc2)c1. The summed E-state index contributed by atoms with van der Waals surface area (Å²) >= 11 is 0. The van der Waals surface area contributed by atoms with E-state index >= 15 is 0 Å². The first-order valence-electron chi connectivity index (χ1n) is 17.7. The summed E-state index contributed by atoms with van der Waals surface area (Å²) in [4.78, 5) is 2.35. The van der Waals surface area contributed by atoms with Crippen molar-refractivity contribution in [1.29, 1.82) is 0 Å². The average molecular weight is 664 g/mol. The third-order valence-electron chi connectivity index (χ3n) is 10.2. The molecule has 0 aliphatic carbocycles. The quantitative estimate of drug-likeness (QED) is 0.176. The fourth-order valence-electron chi connectivity index (χ4n) is 7.62. The number of fused-ring (bicyclic) bond motifs is 5. The van der Waals surface area contributed by atoms with Crippen molar-refractivity contribution in [2.45, 2.75) is 0 Å². The molecule has 0 atom stereocenters. The van der Waals surface area contributed by atoms with Crippen molar-refractivity contribution in [3.05, 3.63) is 200 Å². The number of para-hydroxylation sites is 1. The maximum Gasteiger partial charge on any atom is 0.135 e. The molecule has 9 aromatic carbocycles. The van der Waals surface area contributed by atoms with Gasteiger partial charge in [0.15, 0.2) is 0 Å². The molecular formula is C50H33NO. The smallest absolute Gasteiger partial charge is 0.135 e. The maximum atomic E-state index is 6.14. The Labute approximate surface area is 302 Å². The maximum absolute atomic E-state index is 6.14. The first kappa shape index (κ1) is 30.0. The van der Waals surface area contributed by atoms with Gasteiger partial charge < -0.3 is 9.32 Å². The van der Waals surface area contributed by atoms with Crippen LogP contribution >= 0.6 is 0 Å². The van der Waals surface area contributed by atoms with E-state index in [9.17, 15) is 0 Å². The van der Waals surface area contributed by atoms with Crippen molar-refractivity contribution in [3.8, 4) is 33.4 Å². The number of benzene rings is 9. The predicted octanol–water partition coefficient (Wildman–Crippen LogP) is 14.4. The van der Waals surface area contributed by atoms with Crippen molar-refractivity contribution in [2.75, 3.05) is 4.90 Å². The van der Waals surface area contributed by atoms with Crippen LogP contribution in [0.1, 0.15) is 0 Å². The third kappa shape index (κ3) is 5.30. The number of nitrogens with zero attached hydrogens (tertiary/aromatic N) is 1. The molecule has 0 amide bonds. The average Bonchev–Trinajstić information content (AvgIpc) is 3.59. The van der Waals surface area contributed by atoms with E-state index in [1.807, 2.05) is 12.1 Å². The van der Waals surface area contributed by atoms with Gasteiger partial charge in [0.25, 0.3) is 0 Å². The molecule has 0 aliphatic rings. The summed E-state index contributed by atoms with van der Waals surface area (Å²) in [6, 6.07) is 71.9. The van der Waals surface area contributed by atoms with Gasteiger partial charge in [0, 0.05) is 27.8 Å². The topological polar surface area (TPSA) is 16.4 Å². The lowest BCUT2D eigenvalue weighted by atomic mass is 9.97. The van der Waals surface area contributed by atoms with Crippen molar-refractivity contribution in [1.82, 2.24) is 0 Å². The highest BCUT2D eigenvalue weighted by atomic mass is 16.3. The lowest BCUT2D eigenvalue weighted by Gasteiger charge is -2.26. The van der Waals surface area contributed by atoms with Crippen molar-refractivity contribution in [2.24, 2.45) is 0 Å². The second kappa shape index (κ2) is 12.5. The number of hydrogen-bond acceptors (Lipinski definition) is 2. The van der Waals surface area contributed by atoms with Crippen LogP contribution in [-0.4, -0.2) is 0 Å². The monoisotopic (exact) mass is 663 g/mol. The summed E-state index contributed by atoms with van der Waals surface area (Å²) in [5.74, 6) is 0. The fraction of sp³-hybridized carbons (Fsp3) is 0. The van der Waals surface area contributed by atoms with E-state index in [4.69, 9.17) is 4.42 Å². The summed E-state index contributed by atoms with van der Waals surface area (Å²) in [6.45, 7) is 0.